The molecule has 1 amide bonds. The number of benzene rings is 2. The van der Waals surface area contributed by atoms with Crippen LogP contribution in [0.2, 0.25) is 0 Å². The molecule has 0 saturated heterocycles. The molecule has 0 bridgehead atoms. The molecule has 0 aliphatic heterocycles. The molecular weight excluding hydrogens is 332 g/mol. The minimum absolute atomic E-state index is 0.118. The third-order valence-corrected chi connectivity index (χ3v) is 3.63. The maximum absolute atomic E-state index is 12.4. The molecule has 0 aromatic heterocycles. The summed E-state index contributed by atoms with van der Waals surface area (Å²) in [6.45, 7) is 2.09. The van der Waals surface area contributed by atoms with Crippen molar-refractivity contribution in [2.24, 2.45) is 0 Å². The molecule has 0 aliphatic carbocycles. The highest BCUT2D eigenvalue weighted by atomic mass is 16.5. The van der Waals surface area contributed by atoms with Crippen molar-refractivity contribution in [1.29, 1.82) is 5.26 Å². The van der Waals surface area contributed by atoms with Gasteiger partial charge in [-0.25, -0.2) is 0 Å². The maximum Gasteiger partial charge on any atom is 0.325 e. The second-order valence-corrected chi connectivity index (χ2v) is 5.55. The van der Waals surface area contributed by atoms with Crippen molar-refractivity contribution >= 4 is 11.9 Å². The summed E-state index contributed by atoms with van der Waals surface area (Å²) in [4.78, 5) is 25.2. The Labute approximate surface area is 152 Å². The molecule has 0 saturated carbocycles. The van der Waals surface area contributed by atoms with Crippen molar-refractivity contribution in [2.75, 3.05) is 20.2 Å². The molecule has 0 aliphatic rings. The summed E-state index contributed by atoms with van der Waals surface area (Å²) in [7, 11) is 1.54. The monoisotopic (exact) mass is 352 g/mol. The molecule has 2 rings (SSSR count). The van der Waals surface area contributed by atoms with Crippen LogP contribution in [0, 0.1) is 11.3 Å². The van der Waals surface area contributed by atoms with Gasteiger partial charge in [0.1, 0.15) is 18.9 Å². The largest absolute Gasteiger partial charge is 0.489 e. The summed E-state index contributed by atoms with van der Waals surface area (Å²) >= 11 is 0. The predicted octanol–water partition coefficient (Wildman–Crippen LogP) is 2.77. The van der Waals surface area contributed by atoms with Gasteiger partial charge in [-0.05, 0) is 31.2 Å². The highest BCUT2D eigenvalue weighted by Crippen LogP contribution is 2.17. The first-order valence-electron chi connectivity index (χ1n) is 8.17. The molecule has 0 unspecified atom stereocenters. The van der Waals surface area contributed by atoms with E-state index >= 15 is 0 Å². The van der Waals surface area contributed by atoms with E-state index in [0.717, 1.165) is 5.56 Å². The van der Waals surface area contributed by atoms with Gasteiger partial charge in [0.05, 0.1) is 18.2 Å². The van der Waals surface area contributed by atoms with Gasteiger partial charge < -0.3 is 14.4 Å². The fraction of sp³-hybridized carbons (Fsp3) is 0.250. The van der Waals surface area contributed by atoms with Crippen LogP contribution in [0.5, 0.6) is 5.75 Å². The van der Waals surface area contributed by atoms with Gasteiger partial charge in [0.2, 0.25) is 0 Å². The summed E-state index contributed by atoms with van der Waals surface area (Å²) in [5, 5.41) is 9.11. The zero-order valence-electron chi connectivity index (χ0n) is 14.8. The van der Waals surface area contributed by atoms with Gasteiger partial charge in [0, 0.05) is 18.2 Å². The fourth-order valence-electron chi connectivity index (χ4n) is 2.33. The highest BCUT2D eigenvalue weighted by molar-refractivity contribution is 5.96. The number of nitriles is 1. The Hall–Kier alpha value is -3.33. The molecule has 0 atom stereocenters. The van der Waals surface area contributed by atoms with Gasteiger partial charge in [0.25, 0.3) is 5.91 Å². The normalized spacial score (nSPS) is 9.88. The standard InChI is InChI=1S/C20H20N2O4/c1-3-25-19(23)13-22(2)20(24)15-9-6-10-18(11-15)26-14-17-8-5-4-7-16(17)12-21/h4-11H,3,13-14H2,1-2H3. The molecule has 2 aromatic carbocycles. The average Bonchev–Trinajstić information content (AvgIpc) is 2.66. The SMILES string of the molecule is CCOC(=O)CN(C)C(=O)c1cccc(OCc2ccccc2C#N)c1. The summed E-state index contributed by atoms with van der Waals surface area (Å²) in [6, 6.07) is 16.0. The van der Waals surface area contributed by atoms with Crippen molar-refractivity contribution in [3.8, 4) is 11.8 Å². The van der Waals surface area contributed by atoms with Gasteiger partial charge in [0.15, 0.2) is 0 Å². The molecule has 0 heterocycles. The van der Waals surface area contributed by atoms with Crippen molar-refractivity contribution in [1.82, 2.24) is 4.90 Å². The van der Waals surface area contributed by atoms with Gasteiger partial charge in [-0.2, -0.15) is 5.26 Å². The Bertz CT molecular complexity index is 827. The number of carbonyl (C=O) groups is 2. The number of likely N-dealkylation sites (N-methyl/N-ethyl adjacent to an activating group) is 1. The smallest absolute Gasteiger partial charge is 0.325 e. The van der Waals surface area contributed by atoms with E-state index in [1.165, 1.54) is 11.9 Å². The van der Waals surface area contributed by atoms with Crippen LogP contribution in [-0.4, -0.2) is 37.0 Å². The summed E-state index contributed by atoms with van der Waals surface area (Å²) in [6.07, 6.45) is 0. The lowest BCUT2D eigenvalue weighted by atomic mass is 10.1. The lowest BCUT2D eigenvalue weighted by Gasteiger charge is -2.16. The molecule has 0 radical (unpaired) electrons. The number of esters is 1. The Morgan fingerprint density at radius 1 is 1.15 bits per heavy atom. The Kier molecular flexibility index (Phi) is 6.75. The lowest BCUT2D eigenvalue weighted by molar-refractivity contribution is -0.143. The van der Waals surface area contributed by atoms with Crippen molar-refractivity contribution in [2.45, 2.75) is 13.5 Å². The number of ether oxygens (including phenoxy) is 2. The summed E-state index contributed by atoms with van der Waals surface area (Å²) in [5.41, 5.74) is 1.72. The summed E-state index contributed by atoms with van der Waals surface area (Å²) < 4.78 is 10.6. The topological polar surface area (TPSA) is 79.6 Å². The number of hydrogen-bond donors (Lipinski definition) is 0. The Morgan fingerprint density at radius 3 is 2.65 bits per heavy atom. The molecule has 0 fully saturated rings. The van der Waals surface area contributed by atoms with Crippen LogP contribution in [0.25, 0.3) is 0 Å². The first-order valence-corrected chi connectivity index (χ1v) is 8.17. The van der Waals surface area contributed by atoms with Crippen LogP contribution < -0.4 is 4.74 Å². The second-order valence-electron chi connectivity index (χ2n) is 5.55. The van der Waals surface area contributed by atoms with E-state index < -0.39 is 5.97 Å². The Balaban J connectivity index is 2.04. The molecular formula is C20H20N2O4. The van der Waals surface area contributed by atoms with Gasteiger partial charge in [-0.3, -0.25) is 9.59 Å². The van der Waals surface area contributed by atoms with Crippen LogP contribution in [0.4, 0.5) is 0 Å². The van der Waals surface area contributed by atoms with E-state index in [4.69, 9.17) is 14.7 Å². The van der Waals surface area contributed by atoms with Crippen LogP contribution in [0.3, 0.4) is 0 Å². The number of rotatable bonds is 7. The van der Waals surface area contributed by atoms with Crippen molar-refractivity contribution in [3.63, 3.8) is 0 Å². The molecule has 0 N–H and O–H groups in total. The quantitative estimate of drug-likeness (QED) is 0.716. The van der Waals surface area contributed by atoms with E-state index in [2.05, 4.69) is 6.07 Å². The minimum atomic E-state index is -0.455. The number of hydrogen-bond acceptors (Lipinski definition) is 5. The van der Waals surface area contributed by atoms with E-state index in [1.54, 1.807) is 43.3 Å². The molecule has 26 heavy (non-hydrogen) atoms. The van der Waals surface area contributed by atoms with Crippen LogP contribution in [-0.2, 0) is 16.1 Å². The van der Waals surface area contributed by atoms with E-state index in [1.807, 2.05) is 12.1 Å². The first kappa shape index (κ1) is 19.0. The minimum Gasteiger partial charge on any atom is -0.489 e. The molecule has 2 aromatic rings. The molecule has 134 valence electrons. The van der Waals surface area contributed by atoms with Crippen LogP contribution in [0.15, 0.2) is 48.5 Å². The second kappa shape index (κ2) is 9.23. The molecule has 6 heteroatoms. The zero-order valence-corrected chi connectivity index (χ0v) is 14.8. The summed E-state index contributed by atoms with van der Waals surface area (Å²) in [5.74, 6) is -0.252. The lowest BCUT2D eigenvalue weighted by Crippen LogP contribution is -2.33. The average molecular weight is 352 g/mol. The van der Waals surface area contributed by atoms with Crippen LogP contribution >= 0.6 is 0 Å². The molecule has 6 nitrogen and oxygen atoms in total. The van der Waals surface area contributed by atoms with Gasteiger partial charge >= 0.3 is 5.97 Å². The van der Waals surface area contributed by atoms with E-state index in [0.29, 0.717) is 16.9 Å². The molecule has 0 spiro atoms. The highest BCUT2D eigenvalue weighted by Gasteiger charge is 2.16. The number of carbonyl (C=O) groups excluding carboxylic acids is 2. The zero-order chi connectivity index (χ0) is 18.9. The van der Waals surface area contributed by atoms with Crippen molar-refractivity contribution in [3.05, 3.63) is 65.2 Å². The fourth-order valence-corrected chi connectivity index (χ4v) is 2.33. The van der Waals surface area contributed by atoms with Gasteiger partial charge in [-0.15, -0.1) is 0 Å². The third-order valence-electron chi connectivity index (χ3n) is 3.63. The Morgan fingerprint density at radius 2 is 1.92 bits per heavy atom. The van der Waals surface area contributed by atoms with Crippen molar-refractivity contribution < 1.29 is 19.1 Å². The number of nitrogens with zero attached hydrogens (tertiary/aromatic N) is 2. The number of amides is 1. The maximum atomic E-state index is 12.4. The van der Waals surface area contributed by atoms with Gasteiger partial charge in [-0.1, -0.05) is 24.3 Å². The van der Waals surface area contributed by atoms with E-state index in [9.17, 15) is 9.59 Å². The predicted molar refractivity (Wildman–Crippen MR) is 95.5 cm³/mol. The van der Waals surface area contributed by atoms with Crippen LogP contribution in [0.1, 0.15) is 28.4 Å². The third kappa shape index (κ3) is 5.08. The first-order chi connectivity index (χ1) is 12.5. The van der Waals surface area contributed by atoms with E-state index in [-0.39, 0.29) is 25.7 Å².